The molecule has 0 radical (unpaired) electrons. The van der Waals surface area contributed by atoms with Crippen molar-refractivity contribution < 1.29 is 32.2 Å². The zero-order valence-corrected chi connectivity index (χ0v) is 21.0. The van der Waals surface area contributed by atoms with Crippen LogP contribution in [0, 0.1) is 5.82 Å². The second-order valence-corrected chi connectivity index (χ2v) is 8.91. The number of anilines is 2. The van der Waals surface area contributed by atoms with Crippen LogP contribution in [-0.4, -0.2) is 63.1 Å². The summed E-state index contributed by atoms with van der Waals surface area (Å²) in [6, 6.07) is 18.8. The number of aromatic amines is 1. The van der Waals surface area contributed by atoms with E-state index >= 15 is 0 Å². The van der Waals surface area contributed by atoms with Crippen molar-refractivity contribution in [3.8, 4) is 5.69 Å². The summed E-state index contributed by atoms with van der Waals surface area (Å²) >= 11 is 0. The predicted octanol–water partition coefficient (Wildman–Crippen LogP) is 5.12. The predicted molar refractivity (Wildman–Crippen MR) is 141 cm³/mol. The number of rotatable bonds is 5. The van der Waals surface area contributed by atoms with E-state index in [2.05, 4.69) is 37.3 Å². The average Bonchev–Trinajstić information content (AvgIpc) is 3.56. The van der Waals surface area contributed by atoms with Crippen LogP contribution in [0.3, 0.4) is 0 Å². The molecule has 1 aliphatic heterocycles. The SMILES string of the molecule is Fc1cccc(-n2cnc3c(NCc4nc5ccccc5[nH]4)cc(N4CCOCC4)cc32)c1.O=C(O)C(F)(F)F. The Kier molecular flexibility index (Phi) is 7.56. The van der Waals surface area contributed by atoms with Gasteiger partial charge in [0.25, 0.3) is 0 Å². The molecular formula is C27H24F4N6O3. The Morgan fingerprint density at radius 3 is 2.50 bits per heavy atom. The number of morpholine rings is 1. The van der Waals surface area contributed by atoms with E-state index in [0.717, 1.165) is 58.0 Å². The van der Waals surface area contributed by atoms with Crippen LogP contribution < -0.4 is 10.2 Å². The highest BCUT2D eigenvalue weighted by Gasteiger charge is 2.38. The number of carboxylic acid groups (broad SMARTS) is 1. The van der Waals surface area contributed by atoms with Gasteiger partial charge in [-0.25, -0.2) is 19.2 Å². The van der Waals surface area contributed by atoms with E-state index in [9.17, 15) is 17.6 Å². The van der Waals surface area contributed by atoms with E-state index in [0.29, 0.717) is 19.8 Å². The number of nitrogens with zero attached hydrogens (tertiary/aromatic N) is 4. The standard InChI is InChI=1S/C25H23FN6O.C2HF3O2/c26-17-4-3-5-18(12-17)32-16-28-25-22(13-19(14-23(25)32)31-8-10-33-11-9-31)27-15-24-29-20-6-1-2-7-21(20)30-24;3-2(4,5)1(6)7/h1-7,12-14,16,27H,8-11,15H2,(H,29,30);(H,6,7). The van der Waals surface area contributed by atoms with Crippen molar-refractivity contribution in [2.75, 3.05) is 36.5 Å². The van der Waals surface area contributed by atoms with Crippen molar-refractivity contribution in [2.45, 2.75) is 12.7 Å². The number of hydrogen-bond acceptors (Lipinski definition) is 6. The summed E-state index contributed by atoms with van der Waals surface area (Å²) < 4.78 is 53.1. The third kappa shape index (κ3) is 5.99. The number of aromatic nitrogens is 4. The molecule has 0 spiro atoms. The Bertz CT molecular complexity index is 1610. The lowest BCUT2D eigenvalue weighted by Crippen LogP contribution is -2.36. The molecule has 5 aromatic rings. The molecule has 40 heavy (non-hydrogen) atoms. The normalized spacial score (nSPS) is 13.8. The maximum atomic E-state index is 13.9. The summed E-state index contributed by atoms with van der Waals surface area (Å²) in [4.78, 5) is 23.9. The highest BCUT2D eigenvalue weighted by molar-refractivity contribution is 5.93. The van der Waals surface area contributed by atoms with Crippen molar-refractivity contribution in [3.05, 3.63) is 78.6 Å². The maximum Gasteiger partial charge on any atom is 0.490 e. The van der Waals surface area contributed by atoms with Crippen molar-refractivity contribution in [3.63, 3.8) is 0 Å². The summed E-state index contributed by atoms with van der Waals surface area (Å²) in [7, 11) is 0. The second-order valence-electron chi connectivity index (χ2n) is 8.91. The maximum absolute atomic E-state index is 13.9. The fourth-order valence-electron chi connectivity index (χ4n) is 4.34. The first kappa shape index (κ1) is 26.9. The lowest BCUT2D eigenvalue weighted by Gasteiger charge is -2.29. The van der Waals surface area contributed by atoms with Crippen LogP contribution in [0.1, 0.15) is 5.82 Å². The number of benzene rings is 3. The number of hydrogen-bond donors (Lipinski definition) is 3. The van der Waals surface area contributed by atoms with Gasteiger partial charge in [0, 0.05) is 18.8 Å². The average molecular weight is 557 g/mol. The monoisotopic (exact) mass is 556 g/mol. The molecule has 1 fully saturated rings. The zero-order chi connectivity index (χ0) is 28.3. The van der Waals surface area contributed by atoms with Gasteiger partial charge in [-0.15, -0.1) is 0 Å². The molecule has 0 amide bonds. The molecular weight excluding hydrogens is 532 g/mol. The quantitative estimate of drug-likeness (QED) is 0.258. The Balaban J connectivity index is 0.000000411. The van der Waals surface area contributed by atoms with Gasteiger partial charge in [0.2, 0.25) is 0 Å². The van der Waals surface area contributed by atoms with E-state index in [1.54, 1.807) is 12.4 Å². The van der Waals surface area contributed by atoms with Crippen molar-refractivity contribution >= 4 is 39.4 Å². The van der Waals surface area contributed by atoms with Crippen LogP contribution in [0.25, 0.3) is 27.8 Å². The van der Waals surface area contributed by atoms with Crippen LogP contribution in [0.2, 0.25) is 0 Å². The molecule has 0 unspecified atom stereocenters. The fourth-order valence-corrected chi connectivity index (χ4v) is 4.34. The molecule has 3 aromatic carbocycles. The Morgan fingerprint density at radius 1 is 1.05 bits per heavy atom. The largest absolute Gasteiger partial charge is 0.490 e. The number of fused-ring (bicyclic) bond motifs is 2. The van der Waals surface area contributed by atoms with Gasteiger partial charge in [0.1, 0.15) is 23.5 Å². The first-order valence-electron chi connectivity index (χ1n) is 12.3. The number of carboxylic acids is 1. The van der Waals surface area contributed by atoms with Crippen LogP contribution in [0.5, 0.6) is 0 Å². The van der Waals surface area contributed by atoms with Crippen LogP contribution in [-0.2, 0) is 16.1 Å². The highest BCUT2D eigenvalue weighted by Crippen LogP contribution is 2.32. The van der Waals surface area contributed by atoms with Crippen molar-refractivity contribution in [1.82, 2.24) is 19.5 Å². The van der Waals surface area contributed by atoms with E-state index in [1.807, 2.05) is 34.9 Å². The first-order chi connectivity index (χ1) is 19.2. The van der Waals surface area contributed by atoms with Gasteiger partial charge in [0.15, 0.2) is 0 Å². The van der Waals surface area contributed by atoms with Gasteiger partial charge < -0.3 is 25.0 Å². The van der Waals surface area contributed by atoms with E-state index in [1.165, 1.54) is 12.1 Å². The molecule has 0 aliphatic carbocycles. The third-order valence-corrected chi connectivity index (χ3v) is 6.23. The lowest BCUT2D eigenvalue weighted by molar-refractivity contribution is -0.192. The van der Waals surface area contributed by atoms with E-state index in [4.69, 9.17) is 14.6 Å². The molecule has 0 atom stereocenters. The van der Waals surface area contributed by atoms with Crippen LogP contribution >= 0.6 is 0 Å². The summed E-state index contributed by atoms with van der Waals surface area (Å²) in [5.74, 6) is -2.18. The van der Waals surface area contributed by atoms with Gasteiger partial charge in [-0.3, -0.25) is 4.57 Å². The topological polar surface area (TPSA) is 108 Å². The number of imidazole rings is 2. The molecule has 6 rings (SSSR count). The van der Waals surface area contributed by atoms with Gasteiger partial charge in [-0.1, -0.05) is 18.2 Å². The van der Waals surface area contributed by atoms with Gasteiger partial charge in [-0.05, 0) is 42.5 Å². The summed E-state index contributed by atoms with van der Waals surface area (Å²) in [6.45, 7) is 3.57. The molecule has 0 saturated carbocycles. The molecule has 0 bridgehead atoms. The first-order valence-corrected chi connectivity index (χ1v) is 12.3. The summed E-state index contributed by atoms with van der Waals surface area (Å²) in [5, 5.41) is 10.6. The third-order valence-electron chi connectivity index (χ3n) is 6.23. The molecule has 3 heterocycles. The Morgan fingerprint density at radius 2 is 1.80 bits per heavy atom. The number of halogens is 4. The van der Waals surface area contributed by atoms with Crippen molar-refractivity contribution in [2.24, 2.45) is 0 Å². The smallest absolute Gasteiger partial charge is 0.475 e. The number of ether oxygens (including phenoxy) is 1. The zero-order valence-electron chi connectivity index (χ0n) is 21.0. The molecule has 13 heteroatoms. The number of alkyl halides is 3. The second kappa shape index (κ2) is 11.2. The highest BCUT2D eigenvalue weighted by atomic mass is 19.4. The molecule has 9 nitrogen and oxygen atoms in total. The minimum absolute atomic E-state index is 0.276. The number of para-hydroxylation sites is 2. The van der Waals surface area contributed by atoms with E-state index in [-0.39, 0.29) is 5.82 Å². The molecule has 1 saturated heterocycles. The Hall–Kier alpha value is -4.65. The van der Waals surface area contributed by atoms with Gasteiger partial charge in [-0.2, -0.15) is 13.2 Å². The summed E-state index contributed by atoms with van der Waals surface area (Å²) in [6.07, 6.45) is -3.34. The van der Waals surface area contributed by atoms with Crippen LogP contribution in [0.15, 0.2) is 67.0 Å². The minimum atomic E-state index is -5.08. The molecule has 1 aliphatic rings. The molecule has 3 N–H and O–H groups in total. The van der Waals surface area contributed by atoms with Gasteiger partial charge >= 0.3 is 12.1 Å². The minimum Gasteiger partial charge on any atom is -0.475 e. The number of nitrogens with one attached hydrogen (secondary N) is 2. The van der Waals surface area contributed by atoms with E-state index < -0.39 is 12.1 Å². The fraction of sp³-hybridized carbons (Fsp3) is 0.222. The van der Waals surface area contributed by atoms with Crippen molar-refractivity contribution in [1.29, 1.82) is 0 Å². The van der Waals surface area contributed by atoms with Gasteiger partial charge in [0.05, 0.1) is 47.7 Å². The molecule has 208 valence electrons. The lowest BCUT2D eigenvalue weighted by atomic mass is 10.2. The van der Waals surface area contributed by atoms with Crippen LogP contribution in [0.4, 0.5) is 28.9 Å². The number of carbonyl (C=O) groups is 1. The summed E-state index contributed by atoms with van der Waals surface area (Å²) in [5.41, 5.74) is 6.42. The molecule has 2 aromatic heterocycles. The Labute approximate surface area is 225 Å². The number of aliphatic carboxylic acids is 1. The number of H-pyrrole nitrogens is 1.